The molecule has 0 aliphatic heterocycles. The van der Waals surface area contributed by atoms with Crippen molar-refractivity contribution in [2.45, 2.75) is 52.2 Å². The fraction of sp³-hybridized carbons (Fsp3) is 0.917. The van der Waals surface area contributed by atoms with Gasteiger partial charge >= 0.3 is 5.97 Å². The van der Waals surface area contributed by atoms with Gasteiger partial charge in [-0.1, -0.05) is 13.8 Å². The second-order valence-electron chi connectivity index (χ2n) is 5.93. The van der Waals surface area contributed by atoms with E-state index in [0.29, 0.717) is 17.3 Å². The van der Waals surface area contributed by atoms with Gasteiger partial charge < -0.3 is 9.84 Å². The maximum atomic E-state index is 10.9. The summed E-state index contributed by atoms with van der Waals surface area (Å²) in [6.45, 7) is 7.65. The van der Waals surface area contributed by atoms with Crippen molar-refractivity contribution in [2.75, 3.05) is 0 Å². The lowest BCUT2D eigenvalue weighted by atomic mass is 9.84. The Labute approximate surface area is 90.8 Å². The molecule has 4 atom stereocenters. The van der Waals surface area contributed by atoms with Gasteiger partial charge in [-0.2, -0.15) is 0 Å². The number of aliphatic hydroxyl groups is 1. The summed E-state index contributed by atoms with van der Waals surface area (Å²) in [6, 6.07) is 0. The third-order valence-electron chi connectivity index (χ3n) is 4.39. The largest absolute Gasteiger partial charge is 0.459 e. The van der Waals surface area contributed by atoms with Crippen molar-refractivity contribution in [3.05, 3.63) is 0 Å². The van der Waals surface area contributed by atoms with Crippen molar-refractivity contribution in [3.63, 3.8) is 0 Å². The van der Waals surface area contributed by atoms with Crippen LogP contribution in [0.1, 0.15) is 40.5 Å². The number of hydrogen-bond donors (Lipinski definition) is 1. The number of carbonyl (C=O) groups is 1. The molecule has 15 heavy (non-hydrogen) atoms. The van der Waals surface area contributed by atoms with E-state index in [0.717, 1.165) is 12.8 Å². The van der Waals surface area contributed by atoms with Crippen molar-refractivity contribution in [1.82, 2.24) is 0 Å². The molecular weight excluding hydrogens is 192 g/mol. The molecule has 0 unspecified atom stereocenters. The maximum Gasteiger partial charge on any atom is 0.303 e. The summed E-state index contributed by atoms with van der Waals surface area (Å²) in [5, 5.41) is 10.2. The molecule has 0 amide bonds. The Morgan fingerprint density at radius 3 is 2.47 bits per heavy atom. The minimum Gasteiger partial charge on any atom is -0.459 e. The van der Waals surface area contributed by atoms with Crippen LogP contribution in [0.2, 0.25) is 0 Å². The summed E-state index contributed by atoms with van der Waals surface area (Å²) in [5.41, 5.74) is -0.528. The van der Waals surface area contributed by atoms with Gasteiger partial charge in [0.05, 0.1) is 5.60 Å². The summed E-state index contributed by atoms with van der Waals surface area (Å²) in [5.74, 6) is 0.915. The summed E-state index contributed by atoms with van der Waals surface area (Å²) in [6.07, 6.45) is 1.24. The van der Waals surface area contributed by atoms with Crippen LogP contribution in [-0.4, -0.2) is 22.8 Å². The minimum atomic E-state index is -0.847. The van der Waals surface area contributed by atoms with Gasteiger partial charge in [0.1, 0.15) is 6.10 Å². The van der Waals surface area contributed by atoms with Crippen LogP contribution >= 0.6 is 0 Å². The zero-order valence-electron chi connectivity index (χ0n) is 9.91. The Hall–Kier alpha value is -0.570. The van der Waals surface area contributed by atoms with Crippen LogP contribution in [0.3, 0.4) is 0 Å². The van der Waals surface area contributed by atoms with E-state index in [-0.39, 0.29) is 12.1 Å². The van der Waals surface area contributed by atoms with Gasteiger partial charge in [0.2, 0.25) is 0 Å². The summed E-state index contributed by atoms with van der Waals surface area (Å²) >= 11 is 0. The van der Waals surface area contributed by atoms with Crippen LogP contribution in [0.4, 0.5) is 0 Å². The number of carbonyl (C=O) groups excluding carboxylic acids is 1. The third-order valence-corrected chi connectivity index (χ3v) is 4.39. The molecule has 0 saturated heterocycles. The average Bonchev–Trinajstić information content (AvgIpc) is 2.52. The molecule has 2 aliphatic rings. The highest BCUT2D eigenvalue weighted by Crippen LogP contribution is 2.66. The van der Waals surface area contributed by atoms with Gasteiger partial charge in [-0.25, -0.2) is 0 Å². The van der Waals surface area contributed by atoms with Crippen LogP contribution < -0.4 is 0 Å². The highest BCUT2D eigenvalue weighted by atomic mass is 16.6. The molecule has 2 saturated carbocycles. The van der Waals surface area contributed by atoms with Crippen LogP contribution in [0.25, 0.3) is 0 Å². The van der Waals surface area contributed by atoms with Gasteiger partial charge in [-0.05, 0) is 37.0 Å². The number of rotatable bonds is 1. The lowest BCUT2D eigenvalue weighted by Crippen LogP contribution is -2.45. The summed E-state index contributed by atoms with van der Waals surface area (Å²) in [7, 11) is 0. The number of ether oxygens (including phenoxy) is 1. The van der Waals surface area contributed by atoms with Crippen LogP contribution in [-0.2, 0) is 9.53 Å². The van der Waals surface area contributed by atoms with Gasteiger partial charge in [0.15, 0.2) is 0 Å². The van der Waals surface area contributed by atoms with Crippen molar-refractivity contribution in [2.24, 2.45) is 17.3 Å². The molecule has 3 nitrogen and oxygen atoms in total. The lowest BCUT2D eigenvalue weighted by molar-refractivity contribution is -0.166. The average molecular weight is 212 g/mol. The first-order valence-corrected chi connectivity index (χ1v) is 5.65. The first-order chi connectivity index (χ1) is 6.75. The second kappa shape index (κ2) is 2.97. The number of hydrogen-bond acceptors (Lipinski definition) is 3. The van der Waals surface area contributed by atoms with Crippen molar-refractivity contribution in [1.29, 1.82) is 0 Å². The molecule has 0 aromatic heterocycles. The van der Waals surface area contributed by atoms with Crippen LogP contribution in [0.15, 0.2) is 0 Å². The lowest BCUT2D eigenvalue weighted by Gasteiger charge is -2.35. The normalized spacial score (nSPS) is 46.9. The highest BCUT2D eigenvalue weighted by Gasteiger charge is 2.64. The fourth-order valence-electron chi connectivity index (χ4n) is 3.17. The van der Waals surface area contributed by atoms with Gasteiger partial charge in [0, 0.05) is 6.92 Å². The Morgan fingerprint density at radius 1 is 1.33 bits per heavy atom. The van der Waals surface area contributed by atoms with E-state index >= 15 is 0 Å². The molecule has 0 aromatic carbocycles. The van der Waals surface area contributed by atoms with Gasteiger partial charge in [0.25, 0.3) is 0 Å². The van der Waals surface area contributed by atoms with Crippen molar-refractivity contribution < 1.29 is 14.6 Å². The molecule has 0 bridgehead atoms. The molecule has 0 aromatic rings. The molecule has 86 valence electrons. The molecule has 1 N–H and O–H groups in total. The van der Waals surface area contributed by atoms with Gasteiger partial charge in [-0.15, -0.1) is 0 Å². The summed E-state index contributed by atoms with van der Waals surface area (Å²) < 4.78 is 5.21. The van der Waals surface area contributed by atoms with E-state index in [1.165, 1.54) is 6.92 Å². The zero-order valence-corrected chi connectivity index (χ0v) is 9.91. The van der Waals surface area contributed by atoms with E-state index in [1.807, 2.05) is 0 Å². The summed E-state index contributed by atoms with van der Waals surface area (Å²) in [4.78, 5) is 10.9. The molecule has 0 radical (unpaired) electrons. The molecule has 2 fully saturated rings. The van der Waals surface area contributed by atoms with Crippen molar-refractivity contribution >= 4 is 5.97 Å². The highest BCUT2D eigenvalue weighted by molar-refractivity contribution is 5.66. The number of esters is 1. The fourth-order valence-corrected chi connectivity index (χ4v) is 3.17. The first kappa shape index (κ1) is 10.9. The number of fused-ring (bicyclic) bond motifs is 1. The van der Waals surface area contributed by atoms with E-state index in [1.54, 1.807) is 6.92 Å². The minimum absolute atomic E-state index is 0.294. The van der Waals surface area contributed by atoms with E-state index < -0.39 is 5.60 Å². The van der Waals surface area contributed by atoms with Crippen LogP contribution in [0, 0.1) is 17.3 Å². The predicted molar refractivity (Wildman–Crippen MR) is 56.2 cm³/mol. The van der Waals surface area contributed by atoms with Crippen molar-refractivity contribution in [3.8, 4) is 0 Å². The Morgan fingerprint density at radius 2 is 1.93 bits per heavy atom. The molecule has 0 heterocycles. The quantitative estimate of drug-likeness (QED) is 0.673. The Balaban J connectivity index is 2.10. The smallest absolute Gasteiger partial charge is 0.303 e. The van der Waals surface area contributed by atoms with Gasteiger partial charge in [-0.3, -0.25) is 4.79 Å². The molecule has 3 heteroatoms. The molecule has 2 rings (SSSR count). The predicted octanol–water partition coefficient (Wildman–Crippen LogP) is 1.74. The SMILES string of the molecule is CC(=O)O[C@@H]1C[C@@H]2[C@@H](C[C@@]1(C)O)C2(C)C. The second-order valence-corrected chi connectivity index (χ2v) is 5.93. The maximum absolute atomic E-state index is 10.9. The van der Waals surface area contributed by atoms with Crippen LogP contribution in [0.5, 0.6) is 0 Å². The monoisotopic (exact) mass is 212 g/mol. The zero-order chi connectivity index (χ0) is 11.4. The molecular formula is C12H20O3. The Kier molecular flexibility index (Phi) is 2.16. The molecule has 0 spiro atoms. The third kappa shape index (κ3) is 1.67. The topological polar surface area (TPSA) is 46.5 Å². The standard InChI is InChI=1S/C12H20O3/c1-7(13)15-10-5-8-9(11(8,2)3)6-12(10,4)14/h8-10,14H,5-6H2,1-4H3/t8-,9-,10-,12-/m1/s1. The Bertz CT molecular complexity index is 293. The molecule has 2 aliphatic carbocycles. The van der Waals surface area contributed by atoms with E-state index in [2.05, 4.69) is 13.8 Å². The van der Waals surface area contributed by atoms with E-state index in [9.17, 15) is 9.90 Å². The van der Waals surface area contributed by atoms with E-state index in [4.69, 9.17) is 4.74 Å². The first-order valence-electron chi connectivity index (χ1n) is 5.65.